The van der Waals surface area contributed by atoms with E-state index in [9.17, 15) is 10.2 Å². The molecule has 0 amide bonds. The summed E-state index contributed by atoms with van der Waals surface area (Å²) in [7, 11) is 0. The minimum absolute atomic E-state index is 0.0599. The first kappa shape index (κ1) is 20.4. The van der Waals surface area contributed by atoms with Gasteiger partial charge in [0, 0.05) is 6.61 Å². The first-order valence-corrected chi connectivity index (χ1v) is 11.4. The van der Waals surface area contributed by atoms with Crippen molar-refractivity contribution >= 4 is 0 Å². The van der Waals surface area contributed by atoms with Crippen molar-refractivity contribution in [3.63, 3.8) is 0 Å². The number of rotatable bonds is 2. The van der Waals surface area contributed by atoms with Crippen LogP contribution in [0.15, 0.2) is 11.6 Å². The van der Waals surface area contributed by atoms with Gasteiger partial charge in [-0.25, -0.2) is 0 Å². The van der Waals surface area contributed by atoms with Gasteiger partial charge in [0.1, 0.15) is 0 Å². The van der Waals surface area contributed by atoms with Crippen LogP contribution in [0.2, 0.25) is 0 Å². The van der Waals surface area contributed by atoms with E-state index in [-0.39, 0.29) is 6.10 Å². The van der Waals surface area contributed by atoms with Crippen LogP contribution in [0, 0.1) is 40.4 Å². The summed E-state index contributed by atoms with van der Waals surface area (Å²) < 4.78 is 0. The maximum atomic E-state index is 10.1. The van der Waals surface area contributed by atoms with Crippen LogP contribution in [0.3, 0.4) is 0 Å². The predicted molar refractivity (Wildman–Crippen MR) is 109 cm³/mol. The first-order chi connectivity index (χ1) is 12.4. The van der Waals surface area contributed by atoms with Gasteiger partial charge in [-0.15, -0.1) is 0 Å². The van der Waals surface area contributed by atoms with E-state index >= 15 is 0 Å². The highest BCUT2D eigenvalue weighted by Crippen LogP contribution is 2.66. The molecule has 0 spiro atoms. The zero-order valence-corrected chi connectivity index (χ0v) is 17.8. The zero-order valence-electron chi connectivity index (χ0n) is 17.8. The second kappa shape index (κ2) is 7.59. The van der Waals surface area contributed by atoms with Gasteiger partial charge in [0.15, 0.2) is 0 Å². The van der Waals surface area contributed by atoms with Gasteiger partial charge in [0.25, 0.3) is 0 Å². The highest BCUT2D eigenvalue weighted by atomic mass is 16.3. The fourth-order valence-corrected chi connectivity index (χ4v) is 7.60. The van der Waals surface area contributed by atoms with Crippen LogP contribution in [0.1, 0.15) is 86.0 Å². The Hall–Kier alpha value is -0.340. The molecule has 0 heterocycles. The summed E-state index contributed by atoms with van der Waals surface area (Å²) >= 11 is 0. The Morgan fingerprint density at radius 1 is 1.12 bits per heavy atom. The third kappa shape index (κ3) is 3.00. The van der Waals surface area contributed by atoms with E-state index in [0.29, 0.717) is 35.2 Å². The monoisotopic (exact) mass is 362 g/mol. The fraction of sp³-hybridized carbons (Fsp3) is 0.917. The minimum Gasteiger partial charge on any atom is -0.396 e. The quantitative estimate of drug-likeness (QED) is 0.629. The smallest absolute Gasteiger partial charge is 0.0543 e. The predicted octanol–water partition coefficient (Wildman–Crippen LogP) is 5.58. The molecule has 2 heteroatoms. The molecule has 0 aromatic heterocycles. The Morgan fingerprint density at radius 3 is 2.54 bits per heavy atom. The zero-order chi connectivity index (χ0) is 19.1. The van der Waals surface area contributed by atoms with E-state index in [2.05, 4.69) is 26.8 Å². The van der Waals surface area contributed by atoms with Crippen molar-refractivity contribution < 1.29 is 10.2 Å². The molecular weight excluding hydrogens is 320 g/mol. The Morgan fingerprint density at radius 2 is 1.85 bits per heavy atom. The third-order valence-electron chi connectivity index (χ3n) is 9.04. The van der Waals surface area contributed by atoms with Gasteiger partial charge in [-0.3, -0.25) is 0 Å². The molecule has 3 fully saturated rings. The standard InChI is InChI=1S/C22H36O2.C2H6/c1-14(13-23)18-6-7-19-17-5-4-15-12-16(24)8-10-21(15,2)20(17)9-11-22(18,19)3;1-2/h9,14-19,23-24H,4-8,10-13H2,1-3H3;1-2H3/t14-,15?,16?,17?,18?,19?,21?,22?;/m1./s1. The number of allylic oxidation sites excluding steroid dienone is 2. The summed E-state index contributed by atoms with van der Waals surface area (Å²) in [6.45, 7) is 11.6. The SMILES string of the molecule is CC.C[C@H](CO)C1CCC2C3CCC4CC(O)CCC4(C)C3=CCC21C. The molecule has 0 bridgehead atoms. The Bertz CT molecular complexity index is 526. The van der Waals surface area contributed by atoms with Crippen LogP contribution in [-0.4, -0.2) is 22.9 Å². The molecule has 150 valence electrons. The van der Waals surface area contributed by atoms with Gasteiger partial charge in [-0.05, 0) is 91.8 Å². The molecule has 0 aliphatic heterocycles. The van der Waals surface area contributed by atoms with Crippen LogP contribution >= 0.6 is 0 Å². The van der Waals surface area contributed by atoms with Crippen LogP contribution < -0.4 is 0 Å². The molecule has 8 atom stereocenters. The van der Waals surface area contributed by atoms with Crippen molar-refractivity contribution in [3.8, 4) is 0 Å². The highest BCUT2D eigenvalue weighted by Gasteiger charge is 2.57. The largest absolute Gasteiger partial charge is 0.396 e. The second-order valence-electron chi connectivity index (χ2n) is 10.0. The Labute approximate surface area is 161 Å². The van der Waals surface area contributed by atoms with Crippen LogP contribution in [-0.2, 0) is 0 Å². The molecule has 2 N–H and O–H groups in total. The van der Waals surface area contributed by atoms with Crippen LogP contribution in [0.25, 0.3) is 0 Å². The van der Waals surface area contributed by atoms with E-state index in [4.69, 9.17) is 0 Å². The lowest BCUT2D eigenvalue weighted by atomic mass is 9.48. The fourth-order valence-electron chi connectivity index (χ4n) is 7.60. The van der Waals surface area contributed by atoms with E-state index in [1.807, 2.05) is 13.8 Å². The maximum Gasteiger partial charge on any atom is 0.0543 e. The number of hydrogen-bond donors (Lipinski definition) is 2. The van der Waals surface area contributed by atoms with Gasteiger partial charge in [0.05, 0.1) is 6.10 Å². The van der Waals surface area contributed by atoms with Crippen LogP contribution in [0.5, 0.6) is 0 Å². The molecule has 0 saturated heterocycles. The molecular formula is C24H42O2. The topological polar surface area (TPSA) is 40.5 Å². The Kier molecular flexibility index (Phi) is 5.95. The summed E-state index contributed by atoms with van der Waals surface area (Å²) in [5, 5.41) is 19.8. The molecule has 4 aliphatic rings. The number of hydrogen-bond acceptors (Lipinski definition) is 2. The number of aliphatic hydroxyl groups is 2. The van der Waals surface area contributed by atoms with E-state index in [1.165, 1.54) is 38.5 Å². The molecule has 7 unspecified atom stereocenters. The van der Waals surface area contributed by atoms with E-state index in [1.54, 1.807) is 5.57 Å². The molecule has 26 heavy (non-hydrogen) atoms. The van der Waals surface area contributed by atoms with Gasteiger partial charge < -0.3 is 10.2 Å². The van der Waals surface area contributed by atoms with Crippen LogP contribution in [0.4, 0.5) is 0 Å². The lowest BCUT2D eigenvalue weighted by Gasteiger charge is -2.57. The molecule has 0 radical (unpaired) electrons. The summed E-state index contributed by atoms with van der Waals surface area (Å²) in [6, 6.07) is 0. The lowest BCUT2D eigenvalue weighted by Crippen LogP contribution is -2.49. The van der Waals surface area contributed by atoms with E-state index in [0.717, 1.165) is 24.7 Å². The summed E-state index contributed by atoms with van der Waals surface area (Å²) in [4.78, 5) is 0. The summed E-state index contributed by atoms with van der Waals surface area (Å²) in [5.41, 5.74) is 2.52. The van der Waals surface area contributed by atoms with Gasteiger partial charge in [0.2, 0.25) is 0 Å². The highest BCUT2D eigenvalue weighted by molar-refractivity contribution is 5.29. The normalized spacial score (nSPS) is 48.3. The first-order valence-electron chi connectivity index (χ1n) is 11.4. The van der Waals surface area contributed by atoms with Crippen molar-refractivity contribution in [2.24, 2.45) is 40.4 Å². The molecule has 0 aromatic rings. The van der Waals surface area contributed by atoms with Crippen molar-refractivity contribution in [2.45, 2.75) is 92.1 Å². The van der Waals surface area contributed by atoms with E-state index < -0.39 is 0 Å². The molecule has 2 nitrogen and oxygen atoms in total. The van der Waals surface area contributed by atoms with Gasteiger partial charge in [-0.1, -0.05) is 46.3 Å². The number of fused-ring (bicyclic) bond motifs is 5. The number of aliphatic hydroxyl groups excluding tert-OH is 2. The summed E-state index contributed by atoms with van der Waals surface area (Å²) in [6.07, 6.45) is 12.3. The van der Waals surface area contributed by atoms with Crippen molar-refractivity contribution in [2.75, 3.05) is 6.61 Å². The Balaban J connectivity index is 0.000000948. The van der Waals surface area contributed by atoms with Gasteiger partial charge in [-0.2, -0.15) is 0 Å². The van der Waals surface area contributed by atoms with Gasteiger partial charge >= 0.3 is 0 Å². The molecule has 4 aliphatic carbocycles. The lowest BCUT2D eigenvalue weighted by molar-refractivity contribution is -0.0176. The maximum absolute atomic E-state index is 10.1. The average Bonchev–Trinajstić information content (AvgIpc) is 3.00. The minimum atomic E-state index is -0.0599. The van der Waals surface area contributed by atoms with Crippen molar-refractivity contribution in [3.05, 3.63) is 11.6 Å². The average molecular weight is 363 g/mol. The summed E-state index contributed by atoms with van der Waals surface area (Å²) in [5.74, 6) is 3.41. The molecule has 3 saturated carbocycles. The molecule has 4 rings (SSSR count). The second-order valence-corrected chi connectivity index (χ2v) is 10.0. The molecule has 0 aromatic carbocycles. The third-order valence-corrected chi connectivity index (χ3v) is 9.04. The van der Waals surface area contributed by atoms with Crippen molar-refractivity contribution in [1.82, 2.24) is 0 Å². The van der Waals surface area contributed by atoms with Crippen molar-refractivity contribution in [1.29, 1.82) is 0 Å².